The number of anilines is 1. The summed E-state index contributed by atoms with van der Waals surface area (Å²) in [6, 6.07) is 10.5. The smallest absolute Gasteiger partial charge is 0.321 e. The van der Waals surface area contributed by atoms with Crippen molar-refractivity contribution < 1.29 is 9.59 Å². The van der Waals surface area contributed by atoms with Crippen molar-refractivity contribution in [2.24, 2.45) is 0 Å². The lowest BCUT2D eigenvalue weighted by Crippen LogP contribution is -2.28. The molecule has 120 valence electrons. The van der Waals surface area contributed by atoms with Crippen molar-refractivity contribution in [3.05, 3.63) is 51.2 Å². The van der Waals surface area contributed by atoms with Gasteiger partial charge in [-0.1, -0.05) is 11.6 Å². The molecule has 1 aliphatic heterocycles. The number of urea groups is 1. The molecule has 1 aromatic carbocycles. The first-order valence-corrected chi connectivity index (χ1v) is 8.45. The Balaban J connectivity index is 1.67. The van der Waals surface area contributed by atoms with E-state index in [1.165, 1.54) is 11.3 Å². The van der Waals surface area contributed by atoms with Gasteiger partial charge in [0.1, 0.15) is 0 Å². The fraction of sp³-hybridized carbons (Fsp3) is 0.250. The maximum atomic E-state index is 12.3. The topological polar surface area (TPSA) is 61.4 Å². The van der Waals surface area contributed by atoms with Crippen LogP contribution in [0.4, 0.5) is 10.5 Å². The van der Waals surface area contributed by atoms with Crippen molar-refractivity contribution >= 4 is 40.6 Å². The zero-order valence-corrected chi connectivity index (χ0v) is 14.1. The van der Waals surface area contributed by atoms with Gasteiger partial charge in [-0.2, -0.15) is 0 Å². The highest BCUT2D eigenvalue weighted by Crippen LogP contribution is 2.27. The first kappa shape index (κ1) is 15.8. The van der Waals surface area contributed by atoms with E-state index in [2.05, 4.69) is 10.6 Å². The van der Waals surface area contributed by atoms with Crippen LogP contribution >= 0.6 is 22.9 Å². The lowest BCUT2D eigenvalue weighted by Gasteiger charge is -2.15. The fourth-order valence-electron chi connectivity index (χ4n) is 2.42. The zero-order valence-electron chi connectivity index (χ0n) is 12.5. The highest BCUT2D eigenvalue weighted by Gasteiger charge is 2.21. The lowest BCUT2D eigenvalue weighted by molar-refractivity contribution is 0.0940. The third kappa shape index (κ3) is 3.48. The SMILES string of the molecule is C[C@@H](NC(=O)c1ccc(N2CCNC2=O)cc1)c1ccc(Cl)s1. The summed E-state index contributed by atoms with van der Waals surface area (Å²) in [5.41, 5.74) is 1.34. The van der Waals surface area contributed by atoms with Crippen molar-refractivity contribution in [2.75, 3.05) is 18.0 Å². The molecule has 5 nitrogen and oxygen atoms in total. The molecule has 2 aromatic rings. The summed E-state index contributed by atoms with van der Waals surface area (Å²) in [7, 11) is 0. The van der Waals surface area contributed by atoms with Crippen LogP contribution in [0.15, 0.2) is 36.4 Å². The van der Waals surface area contributed by atoms with Gasteiger partial charge in [0.15, 0.2) is 0 Å². The Kier molecular flexibility index (Phi) is 4.54. The Morgan fingerprint density at radius 1 is 1.30 bits per heavy atom. The Hall–Kier alpha value is -2.05. The molecule has 1 aromatic heterocycles. The third-order valence-electron chi connectivity index (χ3n) is 3.67. The van der Waals surface area contributed by atoms with Crippen molar-refractivity contribution in [3.8, 4) is 0 Å². The number of halogens is 1. The van der Waals surface area contributed by atoms with Crippen LogP contribution in [-0.4, -0.2) is 25.0 Å². The predicted octanol–water partition coefficient (Wildman–Crippen LogP) is 3.42. The fourth-order valence-corrected chi connectivity index (χ4v) is 3.49. The number of carbonyl (C=O) groups excluding carboxylic acids is 2. The number of hydrogen-bond acceptors (Lipinski definition) is 3. The summed E-state index contributed by atoms with van der Waals surface area (Å²) < 4.78 is 0.703. The Labute approximate surface area is 143 Å². The second-order valence-electron chi connectivity index (χ2n) is 5.27. The molecule has 1 atom stereocenters. The van der Waals surface area contributed by atoms with Crippen LogP contribution in [0, 0.1) is 0 Å². The van der Waals surface area contributed by atoms with Gasteiger partial charge in [-0.25, -0.2) is 4.79 Å². The van der Waals surface area contributed by atoms with Gasteiger partial charge < -0.3 is 10.6 Å². The number of thiophene rings is 1. The quantitative estimate of drug-likeness (QED) is 0.888. The molecule has 0 bridgehead atoms. The van der Waals surface area contributed by atoms with Gasteiger partial charge in [-0.15, -0.1) is 11.3 Å². The van der Waals surface area contributed by atoms with Crippen LogP contribution in [0.1, 0.15) is 28.2 Å². The Bertz CT molecular complexity index is 729. The number of carbonyl (C=O) groups is 2. The summed E-state index contributed by atoms with van der Waals surface area (Å²) in [6.45, 7) is 3.20. The second-order valence-corrected chi connectivity index (χ2v) is 7.01. The largest absolute Gasteiger partial charge is 0.345 e. The van der Waals surface area contributed by atoms with Crippen LogP contribution in [0.5, 0.6) is 0 Å². The molecule has 2 N–H and O–H groups in total. The average Bonchev–Trinajstić information content (AvgIpc) is 3.16. The normalized spacial score (nSPS) is 15.4. The van der Waals surface area contributed by atoms with Crippen LogP contribution in [-0.2, 0) is 0 Å². The summed E-state index contributed by atoms with van der Waals surface area (Å²) in [5.74, 6) is -0.153. The number of nitrogens with one attached hydrogen (secondary N) is 2. The molecule has 3 rings (SSSR count). The maximum absolute atomic E-state index is 12.3. The molecule has 0 unspecified atom stereocenters. The van der Waals surface area contributed by atoms with Gasteiger partial charge in [0.2, 0.25) is 0 Å². The van der Waals surface area contributed by atoms with Crippen LogP contribution in [0.25, 0.3) is 0 Å². The molecule has 1 saturated heterocycles. The first-order valence-electron chi connectivity index (χ1n) is 7.26. The molecule has 1 aliphatic rings. The molecule has 0 aliphatic carbocycles. The summed E-state index contributed by atoms with van der Waals surface area (Å²) >= 11 is 7.37. The molecule has 3 amide bonds. The van der Waals surface area contributed by atoms with Crippen molar-refractivity contribution in [1.29, 1.82) is 0 Å². The molecule has 7 heteroatoms. The van der Waals surface area contributed by atoms with E-state index < -0.39 is 0 Å². The van der Waals surface area contributed by atoms with Gasteiger partial charge in [0, 0.05) is 29.2 Å². The molecule has 2 heterocycles. The van der Waals surface area contributed by atoms with E-state index in [1.807, 2.05) is 19.1 Å². The minimum absolute atomic E-state index is 0.106. The molecular formula is C16H16ClN3O2S. The van der Waals surface area contributed by atoms with Crippen LogP contribution in [0.2, 0.25) is 4.34 Å². The Morgan fingerprint density at radius 2 is 2.04 bits per heavy atom. The van der Waals surface area contributed by atoms with Gasteiger partial charge in [0.25, 0.3) is 5.91 Å². The monoisotopic (exact) mass is 349 g/mol. The number of hydrogen-bond donors (Lipinski definition) is 2. The number of nitrogens with zero attached hydrogens (tertiary/aromatic N) is 1. The van der Waals surface area contributed by atoms with Gasteiger partial charge in [-0.05, 0) is 43.3 Å². The minimum atomic E-state index is -0.153. The molecular weight excluding hydrogens is 334 g/mol. The number of benzene rings is 1. The first-order chi connectivity index (χ1) is 11.0. The van der Waals surface area contributed by atoms with Crippen LogP contribution < -0.4 is 15.5 Å². The van der Waals surface area contributed by atoms with E-state index in [4.69, 9.17) is 11.6 Å². The average molecular weight is 350 g/mol. The predicted molar refractivity (Wildman–Crippen MR) is 92.4 cm³/mol. The lowest BCUT2D eigenvalue weighted by atomic mass is 10.1. The van der Waals surface area contributed by atoms with E-state index in [1.54, 1.807) is 29.2 Å². The van der Waals surface area contributed by atoms with Crippen molar-refractivity contribution in [2.45, 2.75) is 13.0 Å². The van der Waals surface area contributed by atoms with E-state index >= 15 is 0 Å². The van der Waals surface area contributed by atoms with E-state index in [9.17, 15) is 9.59 Å². The van der Waals surface area contributed by atoms with Crippen molar-refractivity contribution in [1.82, 2.24) is 10.6 Å². The van der Waals surface area contributed by atoms with Gasteiger partial charge in [0.05, 0.1) is 10.4 Å². The van der Waals surface area contributed by atoms with Gasteiger partial charge in [-0.3, -0.25) is 9.69 Å². The number of amides is 3. The highest BCUT2D eigenvalue weighted by molar-refractivity contribution is 7.16. The summed E-state index contributed by atoms with van der Waals surface area (Å²) in [6.07, 6.45) is 0. The molecule has 0 spiro atoms. The minimum Gasteiger partial charge on any atom is -0.345 e. The summed E-state index contributed by atoms with van der Waals surface area (Å²) in [5, 5.41) is 5.69. The van der Waals surface area contributed by atoms with E-state index in [0.29, 0.717) is 23.0 Å². The van der Waals surface area contributed by atoms with Crippen molar-refractivity contribution in [3.63, 3.8) is 0 Å². The summed E-state index contributed by atoms with van der Waals surface area (Å²) in [4.78, 5) is 26.6. The third-order valence-corrected chi connectivity index (χ3v) is 5.08. The maximum Gasteiger partial charge on any atom is 0.321 e. The zero-order chi connectivity index (χ0) is 16.4. The molecule has 1 fully saturated rings. The van der Waals surface area contributed by atoms with E-state index in [-0.39, 0.29) is 18.0 Å². The molecule has 0 radical (unpaired) electrons. The standard InChI is InChI=1S/C16H16ClN3O2S/c1-10(13-6-7-14(17)23-13)19-15(21)11-2-4-12(5-3-11)20-9-8-18-16(20)22/h2-7,10H,8-9H2,1H3,(H,18,22)(H,19,21)/t10-/m1/s1. The Morgan fingerprint density at radius 3 is 2.61 bits per heavy atom. The van der Waals surface area contributed by atoms with E-state index in [0.717, 1.165) is 10.6 Å². The second kappa shape index (κ2) is 6.60. The van der Waals surface area contributed by atoms with Gasteiger partial charge >= 0.3 is 6.03 Å². The molecule has 23 heavy (non-hydrogen) atoms. The highest BCUT2D eigenvalue weighted by atomic mass is 35.5. The van der Waals surface area contributed by atoms with Crippen LogP contribution in [0.3, 0.4) is 0 Å². The number of rotatable bonds is 4. The molecule has 0 saturated carbocycles.